The van der Waals surface area contributed by atoms with Gasteiger partial charge in [-0.2, -0.15) is 0 Å². The van der Waals surface area contributed by atoms with E-state index < -0.39 is 6.10 Å². The van der Waals surface area contributed by atoms with Crippen molar-refractivity contribution >= 4 is 65.9 Å². The lowest BCUT2D eigenvalue weighted by Gasteiger charge is -2.31. The molecule has 100 heavy (non-hydrogen) atoms. The summed E-state index contributed by atoms with van der Waals surface area (Å²) in [5.41, 5.74) is 7.79. The summed E-state index contributed by atoms with van der Waals surface area (Å²) in [6, 6.07) is 22.5. The van der Waals surface area contributed by atoms with Crippen LogP contribution in [0.3, 0.4) is 0 Å². The predicted molar refractivity (Wildman–Crippen MR) is 391 cm³/mol. The summed E-state index contributed by atoms with van der Waals surface area (Å²) in [6.45, 7) is 39.7. The summed E-state index contributed by atoms with van der Waals surface area (Å²) in [7, 11) is 0. The Morgan fingerprint density at radius 1 is 0.520 bits per heavy atom. The highest BCUT2D eigenvalue weighted by Gasteiger charge is 2.48. The van der Waals surface area contributed by atoms with Gasteiger partial charge in [0.1, 0.15) is 12.9 Å². The standard InChI is InChI=1S/C12H15NO.C11H13NO.C10H17NO.C9H17NO.C7H13NO.2C6H11NO.C5H10N2O.C5H9NO2.C5H9NO.CH2O/c1-9-7-11(12(14)13-9)8-10-5-3-2-4-6-10;1-8-7-10(11(13)12-8)9-5-3-2-4-6-9;1-10(2)8-6-4-3-5-7(8)9(12)11-10;1-6-5-7(8(11)10-6)9(2,3)4;1-5-4-7(2,3)6(9)8-5;1-4-3-6(8)7-5(4)2;1-4-3-5(2)7-6(4)8;1-3-2-4(6)5(8)7-3;1-3-2-4(7)5(8)6-3;1-4-2-5(7)6-3-4;1-2/h2-6,9,11H,7-8H2,1H3,(H,13,14);2-6,8,10H,7H2,1H3,(H,12,13);7-8H,3-6H2,1-2H3,(H,11,12);6-7H,5H2,1-4H3,(H,10,11);5H,4H2,1-3H3,(H,8,9);2*4-5H,3H2,1-2H3,(H,7,8);3-4H,2,6H2,1H3,(H,7,8);3-4,7H,2H2,1H3,(H,6,8);4H,2-3H2,1H3,(H,6,7);1H2. The number of rotatable bonds is 3. The molecule has 18 unspecified atom stereocenters. The highest BCUT2D eigenvalue weighted by Crippen LogP contribution is 2.42. The van der Waals surface area contributed by atoms with Crippen LogP contribution in [0.15, 0.2) is 60.7 Å². The number of hydrogen-bond acceptors (Lipinski definition) is 13. The summed E-state index contributed by atoms with van der Waals surface area (Å²) in [4.78, 5) is 117. The number of hydrogen-bond donors (Lipinski definition) is 12. The Hall–Kier alpha value is -7.27. The van der Waals surface area contributed by atoms with Gasteiger partial charge in [0.25, 0.3) is 0 Å². The molecule has 10 amide bonds. The largest absolute Gasteiger partial charge is 0.383 e. The van der Waals surface area contributed by atoms with Crippen LogP contribution in [0.1, 0.15) is 225 Å². The molecule has 11 aliphatic rings. The zero-order valence-corrected chi connectivity index (χ0v) is 63.5. The Morgan fingerprint density at radius 2 is 1.03 bits per heavy atom. The third kappa shape index (κ3) is 29.7. The maximum atomic E-state index is 11.5. The third-order valence-corrected chi connectivity index (χ3v) is 19.9. The van der Waals surface area contributed by atoms with E-state index in [1.807, 2.05) is 118 Å². The number of nitrogens with two attached hydrogens (primary N) is 1. The number of carbonyl (C=O) groups is 11. The molecule has 10 heterocycles. The van der Waals surface area contributed by atoms with E-state index >= 15 is 0 Å². The molecule has 13 N–H and O–H groups in total. The molecule has 0 spiro atoms. The van der Waals surface area contributed by atoms with Gasteiger partial charge in [0, 0.05) is 109 Å². The number of fused-ring (bicyclic) bond motifs is 1. The third-order valence-electron chi connectivity index (χ3n) is 19.9. The van der Waals surface area contributed by atoms with Gasteiger partial charge < -0.3 is 68.8 Å². The van der Waals surface area contributed by atoms with Gasteiger partial charge in [-0.05, 0) is 161 Å². The Balaban J connectivity index is 0.000000290. The number of aliphatic hydroxyl groups is 1. The maximum absolute atomic E-state index is 11.5. The fraction of sp³-hybridized carbons (Fsp3) is 0.701. The van der Waals surface area contributed by atoms with Crippen molar-refractivity contribution in [3.8, 4) is 0 Å². The van der Waals surface area contributed by atoms with Crippen molar-refractivity contribution in [1.82, 2.24) is 53.2 Å². The van der Waals surface area contributed by atoms with E-state index in [1.165, 1.54) is 24.8 Å². The zero-order valence-electron chi connectivity index (χ0n) is 63.5. The molecule has 2 aromatic rings. The minimum absolute atomic E-state index is 0.0162. The number of nitrogens with one attached hydrogen (secondary N) is 10. The van der Waals surface area contributed by atoms with Gasteiger partial charge in [0.05, 0.1) is 12.0 Å². The summed E-state index contributed by atoms with van der Waals surface area (Å²) in [5.74, 6) is 4.14. The van der Waals surface area contributed by atoms with Crippen LogP contribution in [-0.2, 0) is 59.2 Å². The molecule has 1 aliphatic carbocycles. The summed E-state index contributed by atoms with van der Waals surface area (Å²) in [6.07, 6.45) is 12.6. The molecule has 562 valence electrons. The lowest BCUT2D eigenvalue weighted by Crippen LogP contribution is -2.39. The number of aliphatic hydroxyl groups excluding tert-OH is 1. The molecule has 0 radical (unpaired) electrons. The molecule has 0 bridgehead atoms. The van der Waals surface area contributed by atoms with E-state index in [4.69, 9.17) is 15.6 Å². The van der Waals surface area contributed by atoms with E-state index in [-0.39, 0.29) is 111 Å². The highest BCUT2D eigenvalue weighted by molar-refractivity contribution is 5.87. The van der Waals surface area contributed by atoms with Crippen molar-refractivity contribution in [2.75, 3.05) is 6.54 Å². The van der Waals surface area contributed by atoms with E-state index in [9.17, 15) is 47.9 Å². The average molecular weight is 1400 g/mol. The van der Waals surface area contributed by atoms with E-state index in [1.54, 1.807) is 0 Å². The highest BCUT2D eigenvalue weighted by atomic mass is 16.3. The number of amides is 10. The first kappa shape index (κ1) is 86.9. The molecule has 11 fully saturated rings. The van der Waals surface area contributed by atoms with Crippen molar-refractivity contribution in [3.63, 3.8) is 0 Å². The van der Waals surface area contributed by atoms with Gasteiger partial charge in [0.15, 0.2) is 0 Å². The van der Waals surface area contributed by atoms with Crippen LogP contribution >= 0.6 is 0 Å². The molecule has 18 atom stereocenters. The van der Waals surface area contributed by atoms with Crippen LogP contribution in [-0.4, -0.2) is 144 Å². The SMILES string of the molecule is C=O.CC1(C)NC(=O)C2CCCCC21.CC1CC(=O)NC1C.CC1CC(C(C)(C)C)C(=O)N1.CC1CC(C)(C)C(=O)N1.CC1CC(C)C(=O)N1.CC1CC(Cc2ccccc2)C(=O)N1.CC1CC(N)C(=O)N1.CC1CC(O)C(=O)N1.CC1CC(c2ccccc2)C(=O)N1.CC1CNC(=O)C1. The van der Waals surface area contributed by atoms with Crippen molar-refractivity contribution in [2.24, 2.45) is 58.0 Å². The van der Waals surface area contributed by atoms with Crippen molar-refractivity contribution in [2.45, 2.75) is 286 Å². The Labute approximate surface area is 597 Å². The molecule has 23 nitrogen and oxygen atoms in total. The fourth-order valence-corrected chi connectivity index (χ4v) is 14.1. The lowest BCUT2D eigenvalue weighted by molar-refractivity contribution is -0.126. The van der Waals surface area contributed by atoms with Gasteiger partial charge in [-0.1, -0.05) is 129 Å². The molecule has 1 saturated carbocycles. The smallest absolute Gasteiger partial charge is 0.249 e. The topological polar surface area (TPSA) is 354 Å². The predicted octanol–water partition coefficient (Wildman–Crippen LogP) is 7.11. The maximum Gasteiger partial charge on any atom is 0.249 e. The van der Waals surface area contributed by atoms with Gasteiger partial charge >= 0.3 is 0 Å². The minimum Gasteiger partial charge on any atom is -0.383 e. The summed E-state index contributed by atoms with van der Waals surface area (Å²) in [5, 5.41) is 37.2. The van der Waals surface area contributed by atoms with Crippen LogP contribution in [0.25, 0.3) is 0 Å². The minimum atomic E-state index is -0.759. The Bertz CT molecular complexity index is 2880. The average Bonchev–Trinajstić information content (AvgIpc) is 1.63. The monoisotopic (exact) mass is 1400 g/mol. The second-order valence-corrected chi connectivity index (χ2v) is 32.0. The van der Waals surface area contributed by atoms with Crippen LogP contribution in [0.5, 0.6) is 0 Å². The molecule has 10 aliphatic heterocycles. The molecule has 13 rings (SSSR count). The van der Waals surface area contributed by atoms with Gasteiger partial charge in [-0.3, -0.25) is 47.9 Å². The second-order valence-electron chi connectivity index (χ2n) is 32.0. The molecular formula is C77H127N11O12. The number of benzene rings is 2. The van der Waals surface area contributed by atoms with E-state index in [0.717, 1.165) is 69.9 Å². The molecule has 0 aromatic heterocycles. The second kappa shape index (κ2) is 41.0. The normalized spacial score (nSPS) is 32.5. The summed E-state index contributed by atoms with van der Waals surface area (Å²) >= 11 is 0. The quantitative estimate of drug-likeness (QED) is 0.146. The van der Waals surface area contributed by atoms with Crippen LogP contribution < -0.4 is 58.9 Å². The van der Waals surface area contributed by atoms with Crippen LogP contribution in [0.4, 0.5) is 0 Å². The fourth-order valence-electron chi connectivity index (χ4n) is 14.1. The Kier molecular flexibility index (Phi) is 35.6. The van der Waals surface area contributed by atoms with Gasteiger partial charge in [-0.15, -0.1) is 0 Å². The molecular weight excluding hydrogens is 1270 g/mol. The van der Waals surface area contributed by atoms with E-state index in [0.29, 0.717) is 78.7 Å². The van der Waals surface area contributed by atoms with Crippen molar-refractivity contribution in [1.29, 1.82) is 0 Å². The first-order valence-corrected chi connectivity index (χ1v) is 36.5. The first-order valence-electron chi connectivity index (χ1n) is 36.5. The summed E-state index contributed by atoms with van der Waals surface area (Å²) < 4.78 is 0. The number of carbonyl (C=O) groups excluding carboxylic acids is 11. The zero-order chi connectivity index (χ0) is 75.6. The van der Waals surface area contributed by atoms with Gasteiger partial charge in [-0.25, -0.2) is 0 Å². The van der Waals surface area contributed by atoms with Crippen molar-refractivity contribution < 1.29 is 57.8 Å². The molecule has 2 aromatic carbocycles. The van der Waals surface area contributed by atoms with E-state index in [2.05, 4.69) is 128 Å². The first-order chi connectivity index (χ1) is 46.6. The molecule has 23 heteroatoms. The van der Waals surface area contributed by atoms with Crippen molar-refractivity contribution in [3.05, 3.63) is 71.8 Å². The van der Waals surface area contributed by atoms with Crippen LogP contribution in [0.2, 0.25) is 0 Å². The lowest BCUT2D eigenvalue weighted by atomic mass is 9.73. The Morgan fingerprint density at radius 3 is 1.33 bits per heavy atom. The molecule has 10 saturated heterocycles. The van der Waals surface area contributed by atoms with Gasteiger partial charge in [0.2, 0.25) is 59.1 Å². The van der Waals surface area contributed by atoms with Crippen LogP contribution in [0, 0.1) is 52.3 Å².